The van der Waals surface area contributed by atoms with Gasteiger partial charge in [-0.05, 0) is 38.1 Å². The standard InChI is InChI=1S/C12H23N3O/c1-14(2)12(16)15-8-5-10(6-9-15)11-4-3-7-13-11/h10-11,13H,3-9H2,1-2H3. The van der Waals surface area contributed by atoms with Gasteiger partial charge < -0.3 is 15.1 Å². The maximum atomic E-state index is 11.8. The molecule has 0 aliphatic carbocycles. The molecule has 0 aromatic rings. The van der Waals surface area contributed by atoms with E-state index in [0.717, 1.165) is 37.9 Å². The molecule has 1 unspecified atom stereocenters. The SMILES string of the molecule is CN(C)C(=O)N1CCC(C2CCCN2)CC1. The molecular weight excluding hydrogens is 202 g/mol. The summed E-state index contributed by atoms with van der Waals surface area (Å²) in [6.45, 7) is 3.04. The zero-order valence-corrected chi connectivity index (χ0v) is 10.4. The van der Waals surface area contributed by atoms with E-state index in [1.165, 1.54) is 19.4 Å². The summed E-state index contributed by atoms with van der Waals surface area (Å²) in [6.07, 6.45) is 4.97. The second-order valence-corrected chi connectivity index (χ2v) is 5.20. The smallest absolute Gasteiger partial charge is 0.319 e. The van der Waals surface area contributed by atoms with E-state index < -0.39 is 0 Å². The lowest BCUT2D eigenvalue weighted by atomic mass is 9.89. The van der Waals surface area contributed by atoms with Gasteiger partial charge in [-0.25, -0.2) is 4.79 Å². The Hall–Kier alpha value is -0.770. The Morgan fingerprint density at radius 3 is 2.44 bits per heavy atom. The first kappa shape index (κ1) is 11.7. The Bertz CT molecular complexity index is 241. The fraction of sp³-hybridized carbons (Fsp3) is 0.917. The first-order valence-corrected chi connectivity index (χ1v) is 6.38. The molecule has 0 radical (unpaired) electrons. The zero-order valence-electron chi connectivity index (χ0n) is 10.4. The summed E-state index contributed by atoms with van der Waals surface area (Å²) < 4.78 is 0. The van der Waals surface area contributed by atoms with E-state index in [4.69, 9.17) is 0 Å². The summed E-state index contributed by atoms with van der Waals surface area (Å²) >= 11 is 0. The number of nitrogens with one attached hydrogen (secondary N) is 1. The van der Waals surface area contributed by atoms with Crippen molar-refractivity contribution in [3.8, 4) is 0 Å². The predicted molar refractivity (Wildman–Crippen MR) is 64.4 cm³/mol. The Morgan fingerprint density at radius 2 is 1.94 bits per heavy atom. The van der Waals surface area contributed by atoms with Crippen molar-refractivity contribution >= 4 is 6.03 Å². The summed E-state index contributed by atoms with van der Waals surface area (Å²) in [6, 6.07) is 0.884. The van der Waals surface area contributed by atoms with E-state index in [-0.39, 0.29) is 6.03 Å². The van der Waals surface area contributed by atoms with Crippen molar-refractivity contribution in [2.24, 2.45) is 5.92 Å². The van der Waals surface area contributed by atoms with Gasteiger partial charge in [0.1, 0.15) is 0 Å². The van der Waals surface area contributed by atoms with E-state index in [9.17, 15) is 4.79 Å². The van der Waals surface area contributed by atoms with Crippen LogP contribution in [0.2, 0.25) is 0 Å². The van der Waals surface area contributed by atoms with Gasteiger partial charge in [0, 0.05) is 33.2 Å². The monoisotopic (exact) mass is 225 g/mol. The summed E-state index contributed by atoms with van der Waals surface area (Å²) in [5.74, 6) is 0.786. The summed E-state index contributed by atoms with van der Waals surface area (Å²) in [5.41, 5.74) is 0. The Morgan fingerprint density at radius 1 is 1.25 bits per heavy atom. The first-order chi connectivity index (χ1) is 7.68. The van der Waals surface area contributed by atoms with Crippen molar-refractivity contribution in [1.82, 2.24) is 15.1 Å². The Balaban J connectivity index is 1.80. The minimum absolute atomic E-state index is 0.165. The number of hydrogen-bond acceptors (Lipinski definition) is 2. The van der Waals surface area contributed by atoms with Crippen LogP contribution in [0.3, 0.4) is 0 Å². The summed E-state index contributed by atoms with van der Waals surface area (Å²) in [4.78, 5) is 15.4. The van der Waals surface area contributed by atoms with Crippen molar-refractivity contribution in [3.63, 3.8) is 0 Å². The highest BCUT2D eigenvalue weighted by Crippen LogP contribution is 2.25. The number of carbonyl (C=O) groups is 1. The normalized spacial score (nSPS) is 27.1. The largest absolute Gasteiger partial charge is 0.331 e. The van der Waals surface area contributed by atoms with Crippen molar-refractivity contribution < 1.29 is 4.79 Å². The van der Waals surface area contributed by atoms with Crippen molar-refractivity contribution in [3.05, 3.63) is 0 Å². The molecule has 2 saturated heterocycles. The molecule has 2 heterocycles. The molecule has 2 aliphatic rings. The van der Waals surface area contributed by atoms with E-state index in [1.807, 2.05) is 19.0 Å². The fourth-order valence-corrected chi connectivity index (χ4v) is 2.89. The van der Waals surface area contributed by atoms with E-state index in [1.54, 1.807) is 4.90 Å². The molecule has 2 aliphatic heterocycles. The van der Waals surface area contributed by atoms with Gasteiger partial charge in [-0.1, -0.05) is 0 Å². The molecule has 92 valence electrons. The molecule has 4 heteroatoms. The molecule has 0 aromatic carbocycles. The molecule has 1 N–H and O–H groups in total. The van der Waals surface area contributed by atoms with Crippen LogP contribution in [0.15, 0.2) is 0 Å². The van der Waals surface area contributed by atoms with Crippen molar-refractivity contribution in [2.45, 2.75) is 31.7 Å². The van der Waals surface area contributed by atoms with E-state index >= 15 is 0 Å². The van der Waals surface area contributed by atoms with Gasteiger partial charge in [0.15, 0.2) is 0 Å². The third-order valence-electron chi connectivity index (χ3n) is 3.86. The summed E-state index contributed by atoms with van der Waals surface area (Å²) in [5, 5.41) is 3.58. The van der Waals surface area contributed by atoms with Crippen LogP contribution in [0, 0.1) is 5.92 Å². The molecule has 4 nitrogen and oxygen atoms in total. The molecule has 0 spiro atoms. The first-order valence-electron chi connectivity index (χ1n) is 6.38. The fourth-order valence-electron chi connectivity index (χ4n) is 2.89. The molecule has 2 fully saturated rings. The number of rotatable bonds is 1. The van der Waals surface area contributed by atoms with E-state index in [0.29, 0.717) is 0 Å². The number of nitrogens with zero attached hydrogens (tertiary/aromatic N) is 2. The average molecular weight is 225 g/mol. The number of urea groups is 1. The van der Waals surface area contributed by atoms with Gasteiger partial charge in [-0.3, -0.25) is 0 Å². The highest BCUT2D eigenvalue weighted by atomic mass is 16.2. The molecular formula is C12H23N3O. The quantitative estimate of drug-likeness (QED) is 0.726. The van der Waals surface area contributed by atoms with Crippen LogP contribution >= 0.6 is 0 Å². The van der Waals surface area contributed by atoms with Gasteiger partial charge in [0.05, 0.1) is 0 Å². The topological polar surface area (TPSA) is 35.6 Å². The van der Waals surface area contributed by atoms with Gasteiger partial charge in [0.2, 0.25) is 0 Å². The second-order valence-electron chi connectivity index (χ2n) is 5.20. The molecule has 1 atom stereocenters. The molecule has 0 saturated carbocycles. The summed E-state index contributed by atoms with van der Waals surface area (Å²) in [7, 11) is 3.65. The third-order valence-corrected chi connectivity index (χ3v) is 3.86. The maximum Gasteiger partial charge on any atom is 0.319 e. The Labute approximate surface area is 98.0 Å². The lowest BCUT2D eigenvalue weighted by molar-refractivity contribution is 0.139. The van der Waals surface area contributed by atoms with Crippen molar-refractivity contribution in [2.75, 3.05) is 33.7 Å². The Kier molecular flexibility index (Phi) is 3.69. The lowest BCUT2D eigenvalue weighted by Crippen LogP contribution is -2.46. The molecule has 0 aromatic heterocycles. The highest BCUT2D eigenvalue weighted by Gasteiger charge is 2.30. The third kappa shape index (κ3) is 2.48. The van der Waals surface area contributed by atoms with Crippen LogP contribution in [-0.4, -0.2) is 55.6 Å². The highest BCUT2D eigenvalue weighted by molar-refractivity contribution is 5.73. The molecule has 0 bridgehead atoms. The zero-order chi connectivity index (χ0) is 11.5. The molecule has 16 heavy (non-hydrogen) atoms. The number of hydrogen-bond donors (Lipinski definition) is 1. The minimum atomic E-state index is 0.165. The van der Waals surface area contributed by atoms with Crippen LogP contribution in [0.1, 0.15) is 25.7 Å². The van der Waals surface area contributed by atoms with Crippen LogP contribution < -0.4 is 5.32 Å². The van der Waals surface area contributed by atoms with Crippen LogP contribution in [0.4, 0.5) is 4.79 Å². The number of carbonyl (C=O) groups excluding carboxylic acids is 1. The van der Waals surface area contributed by atoms with Crippen LogP contribution in [0.25, 0.3) is 0 Å². The molecule has 2 rings (SSSR count). The maximum absolute atomic E-state index is 11.8. The van der Waals surface area contributed by atoms with E-state index in [2.05, 4.69) is 5.32 Å². The average Bonchev–Trinajstić information content (AvgIpc) is 2.81. The molecule has 2 amide bonds. The van der Waals surface area contributed by atoms with Crippen LogP contribution in [-0.2, 0) is 0 Å². The van der Waals surface area contributed by atoms with Gasteiger partial charge >= 0.3 is 6.03 Å². The number of amides is 2. The number of likely N-dealkylation sites (tertiary alicyclic amines) is 1. The van der Waals surface area contributed by atoms with Crippen molar-refractivity contribution in [1.29, 1.82) is 0 Å². The second kappa shape index (κ2) is 5.04. The number of piperidine rings is 1. The van der Waals surface area contributed by atoms with Gasteiger partial charge in [0.25, 0.3) is 0 Å². The van der Waals surface area contributed by atoms with Crippen LogP contribution in [0.5, 0.6) is 0 Å². The van der Waals surface area contributed by atoms with Gasteiger partial charge in [-0.2, -0.15) is 0 Å². The lowest BCUT2D eigenvalue weighted by Gasteiger charge is -2.36. The minimum Gasteiger partial charge on any atom is -0.331 e. The van der Waals surface area contributed by atoms with Gasteiger partial charge in [-0.15, -0.1) is 0 Å². The predicted octanol–water partition coefficient (Wildman–Crippen LogP) is 1.13.